The van der Waals surface area contributed by atoms with Gasteiger partial charge in [0.25, 0.3) is 5.91 Å². The van der Waals surface area contributed by atoms with E-state index in [0.29, 0.717) is 17.7 Å². The number of carbonyl (C=O) groups excluding carboxylic acids is 1. The van der Waals surface area contributed by atoms with Gasteiger partial charge in [-0.3, -0.25) is 4.79 Å². The van der Waals surface area contributed by atoms with Gasteiger partial charge in [0.2, 0.25) is 0 Å². The van der Waals surface area contributed by atoms with E-state index in [1.807, 2.05) is 0 Å². The monoisotopic (exact) mass is 310 g/mol. The van der Waals surface area contributed by atoms with Crippen molar-refractivity contribution in [3.05, 3.63) is 16.1 Å². The van der Waals surface area contributed by atoms with Crippen molar-refractivity contribution in [1.29, 1.82) is 0 Å². The van der Waals surface area contributed by atoms with Crippen molar-refractivity contribution < 1.29 is 14.7 Å². The maximum Gasteiger partial charge on any atom is 0.329 e. The summed E-state index contributed by atoms with van der Waals surface area (Å²) in [5.74, 6) is -1.12. The number of carboxylic acid groups (broad SMARTS) is 1. The maximum atomic E-state index is 12.6. The number of thiazole rings is 1. The fraction of sp³-hybridized carbons (Fsp3) is 0.667. The molecule has 0 aliphatic heterocycles. The van der Waals surface area contributed by atoms with Crippen molar-refractivity contribution >= 4 is 23.2 Å². The molecule has 0 spiro atoms. The second kappa shape index (κ2) is 6.56. The van der Waals surface area contributed by atoms with E-state index in [9.17, 15) is 14.7 Å². The Morgan fingerprint density at radius 3 is 2.62 bits per heavy atom. The lowest BCUT2D eigenvalue weighted by Crippen LogP contribution is -2.56. The van der Waals surface area contributed by atoms with Crippen LogP contribution in [0.4, 0.5) is 0 Å². The molecule has 1 aromatic rings. The van der Waals surface area contributed by atoms with Crippen molar-refractivity contribution in [3.63, 3.8) is 0 Å². The average molecular weight is 310 g/mol. The number of rotatable bonds is 5. The normalized spacial score (nSPS) is 17.4. The molecule has 1 heterocycles. The predicted octanol–water partition coefficient (Wildman–Crippen LogP) is 2.96. The summed E-state index contributed by atoms with van der Waals surface area (Å²) in [4.78, 5) is 30.6. The molecule has 0 saturated heterocycles. The SMILES string of the molecule is CCCc1ncc(C(=O)N(C)C2(C(=O)O)CCCCC2)s1. The lowest BCUT2D eigenvalue weighted by molar-refractivity contribution is -0.151. The van der Waals surface area contributed by atoms with E-state index in [-0.39, 0.29) is 5.91 Å². The highest BCUT2D eigenvalue weighted by atomic mass is 32.1. The summed E-state index contributed by atoms with van der Waals surface area (Å²) in [7, 11) is 1.61. The molecule has 21 heavy (non-hydrogen) atoms. The van der Waals surface area contributed by atoms with Gasteiger partial charge in [0.15, 0.2) is 0 Å². The van der Waals surface area contributed by atoms with Gasteiger partial charge in [-0.2, -0.15) is 0 Å². The Bertz CT molecular complexity index is 521. The first kappa shape index (κ1) is 15.9. The molecule has 6 heteroatoms. The van der Waals surface area contributed by atoms with Crippen molar-refractivity contribution in [1.82, 2.24) is 9.88 Å². The van der Waals surface area contributed by atoms with Gasteiger partial charge in [-0.25, -0.2) is 9.78 Å². The lowest BCUT2D eigenvalue weighted by atomic mass is 9.80. The van der Waals surface area contributed by atoms with Crippen molar-refractivity contribution in [3.8, 4) is 0 Å². The van der Waals surface area contributed by atoms with Crippen LogP contribution in [0.2, 0.25) is 0 Å². The van der Waals surface area contributed by atoms with Crippen molar-refractivity contribution in [2.75, 3.05) is 7.05 Å². The topological polar surface area (TPSA) is 70.5 Å². The standard InChI is InChI=1S/C15H22N2O3S/c1-3-7-12-16-10-11(21-12)13(18)17(2)15(14(19)20)8-5-4-6-9-15/h10H,3-9H2,1-2H3,(H,19,20). The first-order chi connectivity index (χ1) is 10.0. The number of nitrogens with zero attached hydrogens (tertiary/aromatic N) is 2. The molecule has 1 N–H and O–H groups in total. The van der Waals surface area contributed by atoms with E-state index in [2.05, 4.69) is 11.9 Å². The number of amides is 1. The van der Waals surface area contributed by atoms with E-state index < -0.39 is 11.5 Å². The third-order valence-electron chi connectivity index (χ3n) is 4.25. The first-order valence-corrected chi connectivity index (χ1v) is 8.29. The Morgan fingerprint density at radius 2 is 2.05 bits per heavy atom. The van der Waals surface area contributed by atoms with E-state index in [0.717, 1.165) is 37.1 Å². The highest BCUT2D eigenvalue weighted by molar-refractivity contribution is 7.13. The Morgan fingerprint density at radius 1 is 1.38 bits per heavy atom. The number of hydrogen-bond acceptors (Lipinski definition) is 4. The van der Waals surface area contributed by atoms with Gasteiger partial charge in [0.1, 0.15) is 10.4 Å². The molecule has 1 aromatic heterocycles. The summed E-state index contributed by atoms with van der Waals surface area (Å²) in [6.45, 7) is 2.07. The minimum Gasteiger partial charge on any atom is -0.479 e. The van der Waals surface area contributed by atoms with Crippen LogP contribution < -0.4 is 0 Å². The van der Waals surface area contributed by atoms with Crippen LogP contribution in [0, 0.1) is 0 Å². The average Bonchev–Trinajstić information content (AvgIpc) is 2.95. The Hall–Kier alpha value is -1.43. The molecule has 5 nitrogen and oxygen atoms in total. The van der Waals surface area contributed by atoms with Gasteiger partial charge < -0.3 is 10.0 Å². The zero-order valence-electron chi connectivity index (χ0n) is 12.6. The number of aromatic nitrogens is 1. The molecule has 0 aromatic carbocycles. The summed E-state index contributed by atoms with van der Waals surface area (Å²) >= 11 is 1.37. The fourth-order valence-electron chi connectivity index (χ4n) is 2.93. The molecule has 0 radical (unpaired) electrons. The molecule has 0 bridgehead atoms. The third-order valence-corrected chi connectivity index (χ3v) is 5.30. The molecule has 1 saturated carbocycles. The van der Waals surface area contributed by atoms with Gasteiger partial charge in [-0.1, -0.05) is 26.2 Å². The van der Waals surface area contributed by atoms with Crippen LogP contribution in [-0.2, 0) is 11.2 Å². The summed E-state index contributed by atoms with van der Waals surface area (Å²) < 4.78 is 0. The molecule has 1 aliphatic rings. The van der Waals surface area contributed by atoms with Gasteiger partial charge in [-0.15, -0.1) is 11.3 Å². The molecule has 2 rings (SSSR count). The first-order valence-electron chi connectivity index (χ1n) is 7.47. The van der Waals surface area contributed by atoms with E-state index >= 15 is 0 Å². The van der Waals surface area contributed by atoms with Crippen molar-refractivity contribution in [2.24, 2.45) is 0 Å². The quantitative estimate of drug-likeness (QED) is 0.907. The van der Waals surface area contributed by atoms with Crippen LogP contribution in [0.3, 0.4) is 0 Å². The molecule has 1 aliphatic carbocycles. The Labute approximate surface area is 129 Å². The number of hydrogen-bond donors (Lipinski definition) is 1. The van der Waals surface area contributed by atoms with Gasteiger partial charge >= 0.3 is 5.97 Å². The summed E-state index contributed by atoms with van der Waals surface area (Å²) in [5, 5.41) is 10.6. The molecule has 1 fully saturated rings. The molecule has 0 unspecified atom stereocenters. The predicted molar refractivity (Wildman–Crippen MR) is 81.7 cm³/mol. The van der Waals surface area contributed by atoms with Crippen LogP contribution in [0.1, 0.15) is 60.1 Å². The number of aliphatic carboxylic acids is 1. The Kier molecular flexibility index (Phi) is 4.98. The van der Waals surface area contributed by atoms with E-state index in [1.165, 1.54) is 16.2 Å². The highest BCUT2D eigenvalue weighted by Crippen LogP contribution is 2.34. The highest BCUT2D eigenvalue weighted by Gasteiger charge is 2.45. The van der Waals surface area contributed by atoms with Gasteiger partial charge in [0.05, 0.1) is 11.2 Å². The minimum atomic E-state index is -1.05. The second-order valence-electron chi connectivity index (χ2n) is 5.63. The largest absolute Gasteiger partial charge is 0.479 e. The summed E-state index contributed by atoms with van der Waals surface area (Å²) in [5.41, 5.74) is -1.05. The Balaban J connectivity index is 2.21. The minimum absolute atomic E-state index is 0.223. The third kappa shape index (κ3) is 3.10. The zero-order chi connectivity index (χ0) is 15.5. The summed E-state index contributed by atoms with van der Waals surface area (Å²) in [6.07, 6.45) is 7.23. The number of carboxylic acids is 1. The van der Waals surface area contributed by atoms with Gasteiger partial charge in [-0.05, 0) is 25.7 Å². The lowest BCUT2D eigenvalue weighted by Gasteiger charge is -2.40. The molecular weight excluding hydrogens is 288 g/mol. The second-order valence-corrected chi connectivity index (χ2v) is 6.75. The fourth-order valence-corrected chi connectivity index (χ4v) is 3.92. The molecule has 0 atom stereocenters. The molecule has 1 amide bonds. The van der Waals surface area contributed by atoms with Crippen LogP contribution in [0.5, 0.6) is 0 Å². The van der Waals surface area contributed by atoms with E-state index in [4.69, 9.17) is 0 Å². The summed E-state index contributed by atoms with van der Waals surface area (Å²) in [6, 6.07) is 0. The maximum absolute atomic E-state index is 12.6. The smallest absolute Gasteiger partial charge is 0.329 e. The van der Waals surface area contributed by atoms with E-state index in [1.54, 1.807) is 13.2 Å². The molecular formula is C15H22N2O3S. The number of carbonyl (C=O) groups is 2. The van der Waals surface area contributed by atoms with Crippen LogP contribution in [-0.4, -0.2) is 39.5 Å². The number of likely N-dealkylation sites (N-methyl/N-ethyl adjacent to an activating group) is 1. The van der Waals surface area contributed by atoms with Crippen molar-refractivity contribution in [2.45, 2.75) is 57.4 Å². The van der Waals surface area contributed by atoms with Crippen LogP contribution in [0.15, 0.2) is 6.20 Å². The van der Waals surface area contributed by atoms with Crippen LogP contribution >= 0.6 is 11.3 Å². The molecule has 116 valence electrons. The van der Waals surface area contributed by atoms with Crippen LogP contribution in [0.25, 0.3) is 0 Å². The number of aryl methyl sites for hydroxylation is 1. The zero-order valence-corrected chi connectivity index (χ0v) is 13.4. The van der Waals surface area contributed by atoms with Gasteiger partial charge in [0, 0.05) is 7.05 Å².